The minimum absolute atomic E-state index is 0.0865. The van der Waals surface area contributed by atoms with Gasteiger partial charge in [-0.3, -0.25) is 0 Å². The molecular formula is C22H16F12. The van der Waals surface area contributed by atoms with Crippen molar-refractivity contribution in [3.8, 4) is 0 Å². The van der Waals surface area contributed by atoms with Crippen LogP contribution in [0.2, 0.25) is 0 Å². The molecule has 0 fully saturated rings. The Bertz CT molecular complexity index is 999. The van der Waals surface area contributed by atoms with Gasteiger partial charge in [0.25, 0.3) is 0 Å². The van der Waals surface area contributed by atoms with Crippen LogP contribution in [0.15, 0.2) is 43.0 Å². The highest BCUT2D eigenvalue weighted by Crippen LogP contribution is 2.43. The van der Waals surface area contributed by atoms with Crippen LogP contribution in [0, 0.1) is 0 Å². The van der Waals surface area contributed by atoms with E-state index in [-0.39, 0.29) is 17.7 Å². The highest BCUT2D eigenvalue weighted by Gasteiger charge is 2.40. The molecule has 0 aliphatic heterocycles. The quantitative estimate of drug-likeness (QED) is 0.362. The summed E-state index contributed by atoms with van der Waals surface area (Å²) in [4.78, 5) is 0. The molecule has 0 radical (unpaired) electrons. The zero-order chi connectivity index (χ0) is 26.5. The normalized spacial score (nSPS) is 13.8. The fourth-order valence-corrected chi connectivity index (χ4v) is 3.24. The molecule has 188 valence electrons. The summed E-state index contributed by atoms with van der Waals surface area (Å²) in [6, 6.07) is 1.49. The second-order valence-electron chi connectivity index (χ2n) is 8.25. The van der Waals surface area contributed by atoms with E-state index >= 15 is 0 Å². The van der Waals surface area contributed by atoms with Crippen LogP contribution in [0.1, 0.15) is 53.6 Å². The molecule has 0 aliphatic rings. The third kappa shape index (κ3) is 6.47. The van der Waals surface area contributed by atoms with E-state index in [1.807, 2.05) is 0 Å². The van der Waals surface area contributed by atoms with E-state index in [0.717, 1.165) is 0 Å². The summed E-state index contributed by atoms with van der Waals surface area (Å²) in [6.45, 7) is 5.85. The van der Waals surface area contributed by atoms with Crippen molar-refractivity contribution in [2.75, 3.05) is 0 Å². The van der Waals surface area contributed by atoms with Crippen LogP contribution >= 0.6 is 0 Å². The van der Waals surface area contributed by atoms with Gasteiger partial charge in [-0.25, -0.2) is 0 Å². The van der Waals surface area contributed by atoms with Crippen LogP contribution in [0.3, 0.4) is 0 Å². The largest absolute Gasteiger partial charge is 0.416 e. The first-order chi connectivity index (χ1) is 15.0. The fraction of sp³-hybridized carbons (Fsp3) is 0.364. The molecule has 0 aliphatic carbocycles. The Morgan fingerprint density at radius 1 is 0.529 bits per heavy atom. The Balaban J connectivity index is 2.56. The standard InChI is InChI=1S/C22H16F12/c1-11(12-4-14(19(23,24)25)8-15(5-12)20(26,27)28)10-18(2,3)13-6-16(21(29,30)31)9-17(7-13)22(32,33)34/h4-9H,1,10H2,2-3H3. The third-order valence-electron chi connectivity index (χ3n) is 5.02. The van der Waals surface area contributed by atoms with Crippen LogP contribution in [-0.2, 0) is 30.1 Å². The molecule has 2 aromatic rings. The molecule has 0 N–H and O–H groups in total. The van der Waals surface area contributed by atoms with Gasteiger partial charge in [-0.15, -0.1) is 0 Å². The molecular weight excluding hydrogens is 492 g/mol. The van der Waals surface area contributed by atoms with Crippen molar-refractivity contribution in [1.82, 2.24) is 0 Å². The van der Waals surface area contributed by atoms with Gasteiger partial charge in [-0.2, -0.15) is 52.7 Å². The van der Waals surface area contributed by atoms with E-state index in [1.54, 1.807) is 0 Å². The number of allylic oxidation sites excluding steroid dienone is 1. The highest BCUT2D eigenvalue weighted by molar-refractivity contribution is 5.66. The summed E-state index contributed by atoms with van der Waals surface area (Å²) in [5.41, 5.74) is -9.46. The molecule has 2 rings (SSSR count). The number of hydrogen-bond donors (Lipinski definition) is 0. The van der Waals surface area contributed by atoms with E-state index in [2.05, 4.69) is 6.58 Å². The van der Waals surface area contributed by atoms with Gasteiger partial charge in [0.15, 0.2) is 0 Å². The summed E-state index contributed by atoms with van der Waals surface area (Å²) >= 11 is 0. The zero-order valence-corrected chi connectivity index (χ0v) is 17.4. The van der Waals surface area contributed by atoms with Crippen molar-refractivity contribution in [2.24, 2.45) is 0 Å². The van der Waals surface area contributed by atoms with E-state index < -0.39 is 69.9 Å². The maximum Gasteiger partial charge on any atom is 0.416 e. The van der Waals surface area contributed by atoms with E-state index in [1.165, 1.54) is 13.8 Å². The summed E-state index contributed by atoms with van der Waals surface area (Å²) in [6.07, 6.45) is -21.1. The van der Waals surface area contributed by atoms with Gasteiger partial charge in [0.1, 0.15) is 0 Å². The van der Waals surface area contributed by atoms with Crippen molar-refractivity contribution in [1.29, 1.82) is 0 Å². The smallest absolute Gasteiger partial charge is 0.166 e. The molecule has 0 heterocycles. The molecule has 0 amide bonds. The van der Waals surface area contributed by atoms with E-state index in [0.29, 0.717) is 24.3 Å². The van der Waals surface area contributed by atoms with E-state index in [4.69, 9.17) is 0 Å². The van der Waals surface area contributed by atoms with Gasteiger partial charge >= 0.3 is 24.7 Å². The average molecular weight is 508 g/mol. The molecule has 0 nitrogen and oxygen atoms in total. The summed E-state index contributed by atoms with van der Waals surface area (Å²) < 4.78 is 158. The molecule has 2 aromatic carbocycles. The first-order valence-corrected chi connectivity index (χ1v) is 9.29. The van der Waals surface area contributed by atoms with Gasteiger partial charge in [0, 0.05) is 0 Å². The van der Waals surface area contributed by atoms with Crippen LogP contribution in [0.25, 0.3) is 5.57 Å². The maximum absolute atomic E-state index is 13.2. The van der Waals surface area contributed by atoms with Crippen LogP contribution in [0.5, 0.6) is 0 Å². The van der Waals surface area contributed by atoms with Gasteiger partial charge in [-0.05, 0) is 64.9 Å². The van der Waals surface area contributed by atoms with Crippen molar-refractivity contribution >= 4 is 5.57 Å². The summed E-state index contributed by atoms with van der Waals surface area (Å²) in [5, 5.41) is 0. The summed E-state index contributed by atoms with van der Waals surface area (Å²) in [5.74, 6) is 0. The SMILES string of the molecule is C=C(CC(C)(C)c1cc(C(F)(F)F)cc(C(F)(F)F)c1)c1cc(C(F)(F)F)cc(C(F)(F)F)c1. The van der Waals surface area contributed by atoms with Crippen molar-refractivity contribution in [2.45, 2.75) is 50.4 Å². The minimum atomic E-state index is -5.14. The maximum atomic E-state index is 13.2. The number of alkyl halides is 12. The molecule has 0 spiro atoms. The Kier molecular flexibility index (Phi) is 6.92. The molecule has 0 bridgehead atoms. The predicted molar refractivity (Wildman–Crippen MR) is 99.6 cm³/mol. The highest BCUT2D eigenvalue weighted by atomic mass is 19.4. The minimum Gasteiger partial charge on any atom is -0.166 e. The van der Waals surface area contributed by atoms with Gasteiger partial charge in [0.2, 0.25) is 0 Å². The lowest BCUT2D eigenvalue weighted by Crippen LogP contribution is -2.21. The van der Waals surface area contributed by atoms with Crippen molar-refractivity contribution < 1.29 is 52.7 Å². The Morgan fingerprint density at radius 2 is 0.794 bits per heavy atom. The van der Waals surface area contributed by atoms with Crippen LogP contribution < -0.4 is 0 Å². The van der Waals surface area contributed by atoms with Gasteiger partial charge in [0.05, 0.1) is 22.3 Å². The molecule has 0 atom stereocenters. The summed E-state index contributed by atoms with van der Waals surface area (Å²) in [7, 11) is 0. The number of rotatable bonds is 4. The lowest BCUT2D eigenvalue weighted by molar-refractivity contribution is -0.144. The van der Waals surface area contributed by atoms with Crippen molar-refractivity contribution in [3.05, 3.63) is 76.4 Å². The molecule has 0 aromatic heterocycles. The molecule has 0 saturated carbocycles. The Hall–Kier alpha value is -2.66. The first kappa shape index (κ1) is 27.6. The topological polar surface area (TPSA) is 0 Å². The lowest BCUT2D eigenvalue weighted by Gasteiger charge is -2.29. The molecule has 34 heavy (non-hydrogen) atoms. The predicted octanol–water partition coefficient (Wildman–Crippen LogP) is 9.14. The average Bonchev–Trinajstić information content (AvgIpc) is 2.64. The number of halogens is 12. The molecule has 12 heteroatoms. The molecule has 0 saturated heterocycles. The van der Waals surface area contributed by atoms with Crippen LogP contribution in [-0.4, -0.2) is 0 Å². The van der Waals surface area contributed by atoms with Crippen LogP contribution in [0.4, 0.5) is 52.7 Å². The van der Waals surface area contributed by atoms with E-state index in [9.17, 15) is 52.7 Å². The lowest BCUT2D eigenvalue weighted by atomic mass is 9.76. The zero-order valence-electron chi connectivity index (χ0n) is 17.4. The Labute approximate surface area is 185 Å². The Morgan fingerprint density at radius 3 is 1.09 bits per heavy atom. The number of hydrogen-bond acceptors (Lipinski definition) is 0. The fourth-order valence-electron chi connectivity index (χ4n) is 3.24. The number of benzene rings is 2. The van der Waals surface area contributed by atoms with Gasteiger partial charge < -0.3 is 0 Å². The first-order valence-electron chi connectivity index (χ1n) is 9.29. The second kappa shape index (κ2) is 8.53. The monoisotopic (exact) mass is 508 g/mol. The second-order valence-corrected chi connectivity index (χ2v) is 8.25. The van der Waals surface area contributed by atoms with Crippen molar-refractivity contribution in [3.63, 3.8) is 0 Å². The molecule has 0 unspecified atom stereocenters. The third-order valence-corrected chi connectivity index (χ3v) is 5.02. The van der Waals surface area contributed by atoms with Gasteiger partial charge in [-0.1, -0.05) is 20.4 Å².